The maximum Gasteiger partial charge on any atom is 0.155 e. The van der Waals surface area contributed by atoms with Gasteiger partial charge in [0.15, 0.2) is 9.84 Å². The molecule has 1 aromatic heterocycles. The fraction of sp³-hybridized carbons (Fsp3) is 0.636. The molecule has 1 rings (SSSR count). The minimum Gasteiger partial charge on any atom is -0.391 e. The van der Waals surface area contributed by atoms with Gasteiger partial charge in [-0.05, 0) is 38.1 Å². The van der Waals surface area contributed by atoms with Crippen LogP contribution in [0.4, 0.5) is 0 Å². The van der Waals surface area contributed by atoms with Gasteiger partial charge >= 0.3 is 0 Å². The first kappa shape index (κ1) is 13.7. The molecule has 5 heteroatoms. The lowest BCUT2D eigenvalue weighted by molar-refractivity contribution is 0.129. The number of aliphatic hydroxyl groups excluding tert-OH is 1. The molecule has 0 aliphatic heterocycles. The number of hydrogen-bond donors (Lipinski definition) is 1. The first-order valence-corrected chi connectivity index (χ1v) is 7.92. The zero-order valence-electron chi connectivity index (χ0n) is 9.80. The van der Waals surface area contributed by atoms with Gasteiger partial charge in [-0.25, -0.2) is 8.42 Å². The second kappa shape index (κ2) is 4.85. The van der Waals surface area contributed by atoms with Gasteiger partial charge in [0.05, 0.1) is 10.9 Å². The van der Waals surface area contributed by atoms with E-state index in [0.29, 0.717) is 6.42 Å². The zero-order chi connectivity index (χ0) is 12.4. The molecule has 3 nitrogen and oxygen atoms in total. The lowest BCUT2D eigenvalue weighted by atomic mass is 10.0. The normalized spacial score (nSPS) is 15.0. The quantitative estimate of drug-likeness (QED) is 0.881. The third-order valence-electron chi connectivity index (χ3n) is 3.00. The molecule has 0 aliphatic carbocycles. The average Bonchev–Trinajstić information content (AvgIpc) is 2.64. The standard InChI is InChI=1S/C11H18O3S2/c1-11(2,16(3,13)14)10(12)7-6-9-5-4-8-15-9/h4-5,8,10,12H,6-7H2,1-3H3. The fourth-order valence-electron chi connectivity index (χ4n) is 1.33. The molecule has 1 atom stereocenters. The lowest BCUT2D eigenvalue weighted by Crippen LogP contribution is -2.43. The summed E-state index contributed by atoms with van der Waals surface area (Å²) >= 11 is 1.62. The first-order valence-electron chi connectivity index (χ1n) is 5.15. The van der Waals surface area contributed by atoms with Crippen molar-refractivity contribution in [2.75, 3.05) is 6.26 Å². The van der Waals surface area contributed by atoms with Crippen molar-refractivity contribution in [3.05, 3.63) is 22.4 Å². The van der Waals surface area contributed by atoms with Gasteiger partial charge in [0.1, 0.15) is 0 Å². The molecule has 1 unspecified atom stereocenters. The molecule has 0 fully saturated rings. The lowest BCUT2D eigenvalue weighted by Gasteiger charge is -2.28. The van der Waals surface area contributed by atoms with E-state index in [2.05, 4.69) is 0 Å². The van der Waals surface area contributed by atoms with Gasteiger partial charge in [-0.1, -0.05) is 6.07 Å². The van der Waals surface area contributed by atoms with Crippen molar-refractivity contribution < 1.29 is 13.5 Å². The van der Waals surface area contributed by atoms with Crippen molar-refractivity contribution in [3.63, 3.8) is 0 Å². The molecular formula is C11H18O3S2. The molecule has 0 spiro atoms. The largest absolute Gasteiger partial charge is 0.391 e. The molecule has 0 radical (unpaired) electrons. The van der Waals surface area contributed by atoms with Crippen LogP contribution in [0.3, 0.4) is 0 Å². The topological polar surface area (TPSA) is 54.4 Å². The molecule has 92 valence electrons. The van der Waals surface area contributed by atoms with Crippen LogP contribution in [-0.2, 0) is 16.3 Å². The van der Waals surface area contributed by atoms with Crippen molar-refractivity contribution in [2.24, 2.45) is 0 Å². The Hall–Kier alpha value is -0.390. The van der Waals surface area contributed by atoms with Crippen LogP contribution >= 0.6 is 11.3 Å². The predicted octanol–water partition coefficient (Wildman–Crippen LogP) is 1.86. The highest BCUT2D eigenvalue weighted by atomic mass is 32.2. The van der Waals surface area contributed by atoms with Gasteiger partial charge in [0.25, 0.3) is 0 Å². The van der Waals surface area contributed by atoms with Gasteiger partial charge in [-0.2, -0.15) is 0 Å². The summed E-state index contributed by atoms with van der Waals surface area (Å²) in [4.78, 5) is 1.17. The molecular weight excluding hydrogens is 244 g/mol. The van der Waals surface area contributed by atoms with Crippen LogP contribution in [0.15, 0.2) is 17.5 Å². The molecule has 0 saturated carbocycles. The Bertz CT molecular complexity index is 418. The Balaban J connectivity index is 2.62. The second-order valence-corrected chi connectivity index (χ2v) is 8.14. The maximum atomic E-state index is 11.5. The van der Waals surface area contributed by atoms with Gasteiger partial charge in [0, 0.05) is 11.1 Å². The number of hydrogen-bond acceptors (Lipinski definition) is 4. The van der Waals surface area contributed by atoms with Crippen LogP contribution < -0.4 is 0 Å². The van der Waals surface area contributed by atoms with Crippen molar-refractivity contribution in [2.45, 2.75) is 37.5 Å². The summed E-state index contributed by atoms with van der Waals surface area (Å²) in [5.74, 6) is 0. The highest BCUT2D eigenvalue weighted by Crippen LogP contribution is 2.24. The van der Waals surface area contributed by atoms with Gasteiger partial charge in [-0.3, -0.25) is 0 Å². The van der Waals surface area contributed by atoms with E-state index in [1.54, 1.807) is 25.2 Å². The van der Waals surface area contributed by atoms with Crippen LogP contribution in [0.25, 0.3) is 0 Å². The summed E-state index contributed by atoms with van der Waals surface area (Å²) in [5, 5.41) is 11.9. The number of aliphatic hydroxyl groups is 1. The molecule has 0 aromatic carbocycles. The Morgan fingerprint density at radius 3 is 2.56 bits per heavy atom. The van der Waals surface area contributed by atoms with Gasteiger partial charge in [-0.15, -0.1) is 11.3 Å². The molecule has 0 aliphatic rings. The number of sulfone groups is 1. The molecule has 1 heterocycles. The van der Waals surface area contributed by atoms with E-state index in [-0.39, 0.29) is 0 Å². The van der Waals surface area contributed by atoms with Crippen molar-refractivity contribution >= 4 is 21.2 Å². The van der Waals surface area contributed by atoms with E-state index >= 15 is 0 Å². The molecule has 0 saturated heterocycles. The van der Waals surface area contributed by atoms with Crippen molar-refractivity contribution in [1.29, 1.82) is 0 Å². The van der Waals surface area contributed by atoms with Crippen molar-refractivity contribution in [3.8, 4) is 0 Å². The van der Waals surface area contributed by atoms with E-state index in [1.165, 1.54) is 11.1 Å². The van der Waals surface area contributed by atoms with Crippen LogP contribution in [0.5, 0.6) is 0 Å². The predicted molar refractivity (Wildman–Crippen MR) is 67.6 cm³/mol. The SMILES string of the molecule is CC(C)(C(O)CCc1cccs1)S(C)(=O)=O. The molecule has 0 amide bonds. The average molecular weight is 262 g/mol. The van der Waals surface area contributed by atoms with Crippen LogP contribution in [0.1, 0.15) is 25.1 Å². The maximum absolute atomic E-state index is 11.5. The van der Waals surface area contributed by atoms with E-state index in [0.717, 1.165) is 6.42 Å². The highest BCUT2D eigenvalue weighted by molar-refractivity contribution is 7.92. The van der Waals surface area contributed by atoms with E-state index in [1.807, 2.05) is 17.5 Å². The van der Waals surface area contributed by atoms with Crippen LogP contribution in [0, 0.1) is 0 Å². The fourth-order valence-corrected chi connectivity index (χ4v) is 2.67. The third-order valence-corrected chi connectivity index (χ3v) is 6.12. The van der Waals surface area contributed by atoms with Crippen LogP contribution in [-0.4, -0.2) is 30.6 Å². The van der Waals surface area contributed by atoms with Gasteiger partial charge < -0.3 is 5.11 Å². The molecule has 1 N–H and O–H groups in total. The number of thiophene rings is 1. The Morgan fingerprint density at radius 2 is 2.12 bits per heavy atom. The second-order valence-electron chi connectivity index (χ2n) is 4.51. The molecule has 1 aromatic rings. The minimum absolute atomic E-state index is 0.473. The molecule has 0 bridgehead atoms. The number of aryl methyl sites for hydroxylation is 1. The summed E-state index contributed by atoms with van der Waals surface area (Å²) in [7, 11) is -3.24. The highest BCUT2D eigenvalue weighted by Gasteiger charge is 2.37. The van der Waals surface area contributed by atoms with Crippen molar-refractivity contribution in [1.82, 2.24) is 0 Å². The Labute approximate surface area is 101 Å². The number of rotatable bonds is 5. The first-order chi connectivity index (χ1) is 7.25. The van der Waals surface area contributed by atoms with E-state index in [9.17, 15) is 13.5 Å². The van der Waals surface area contributed by atoms with E-state index in [4.69, 9.17) is 0 Å². The van der Waals surface area contributed by atoms with Gasteiger partial charge in [0.2, 0.25) is 0 Å². The monoisotopic (exact) mass is 262 g/mol. The smallest absolute Gasteiger partial charge is 0.155 e. The Morgan fingerprint density at radius 1 is 1.50 bits per heavy atom. The summed E-state index contributed by atoms with van der Waals surface area (Å²) < 4.78 is 21.9. The summed E-state index contributed by atoms with van der Waals surface area (Å²) in [6, 6.07) is 3.94. The summed E-state index contributed by atoms with van der Waals surface area (Å²) in [6.07, 6.45) is 1.53. The molecule has 16 heavy (non-hydrogen) atoms. The Kier molecular flexibility index (Phi) is 4.15. The summed E-state index contributed by atoms with van der Waals surface area (Å²) in [5.41, 5.74) is 0. The van der Waals surface area contributed by atoms with E-state index < -0.39 is 20.7 Å². The minimum atomic E-state index is -3.24. The third kappa shape index (κ3) is 3.06. The zero-order valence-corrected chi connectivity index (χ0v) is 11.4. The summed E-state index contributed by atoms with van der Waals surface area (Å²) in [6.45, 7) is 3.14. The van der Waals surface area contributed by atoms with Crippen LogP contribution in [0.2, 0.25) is 0 Å².